The number of nitrogens with zero attached hydrogens (tertiary/aromatic N) is 5. The Balaban J connectivity index is 1.12. The summed E-state index contributed by atoms with van der Waals surface area (Å²) < 4.78 is 68.7. The van der Waals surface area contributed by atoms with E-state index in [2.05, 4.69) is 27.1 Å². The first kappa shape index (κ1) is 29.4. The van der Waals surface area contributed by atoms with Crippen molar-refractivity contribution in [3.63, 3.8) is 0 Å². The van der Waals surface area contributed by atoms with Crippen LogP contribution in [0.2, 0.25) is 0 Å². The van der Waals surface area contributed by atoms with Crippen LogP contribution < -0.4 is 15.0 Å². The molecule has 5 fully saturated rings. The van der Waals surface area contributed by atoms with E-state index < -0.39 is 28.8 Å². The maximum atomic E-state index is 16.7. The number of aromatic hydroxyl groups is 1. The minimum atomic E-state index is -1.26. The number of piperazine rings is 1. The molecule has 0 radical (unpaired) electrons. The van der Waals surface area contributed by atoms with Crippen LogP contribution in [0.3, 0.4) is 0 Å². The molecular formula is C35H36F4N6O2. The molecule has 1 aliphatic carbocycles. The predicted octanol–water partition coefficient (Wildman–Crippen LogP) is 5.06. The number of likely N-dealkylation sites (N-methyl/N-ethyl adjacent to an activating group) is 1. The molecule has 2 bridgehead atoms. The van der Waals surface area contributed by atoms with Crippen LogP contribution in [0, 0.1) is 34.6 Å². The van der Waals surface area contributed by atoms with Crippen molar-refractivity contribution in [2.75, 3.05) is 57.8 Å². The summed E-state index contributed by atoms with van der Waals surface area (Å²) >= 11 is 0. The largest absolute Gasteiger partial charge is 0.508 e. The highest BCUT2D eigenvalue weighted by Gasteiger charge is 2.52. The highest BCUT2D eigenvalue weighted by atomic mass is 19.2. The molecule has 9 rings (SSSR count). The Morgan fingerprint density at radius 1 is 0.936 bits per heavy atom. The van der Waals surface area contributed by atoms with E-state index in [4.69, 9.17) is 9.72 Å². The lowest BCUT2D eigenvalue weighted by molar-refractivity contribution is 0.0206. The molecule has 1 aromatic heterocycles. The maximum absolute atomic E-state index is 16.7. The van der Waals surface area contributed by atoms with E-state index in [0.29, 0.717) is 31.6 Å². The molecule has 47 heavy (non-hydrogen) atoms. The van der Waals surface area contributed by atoms with Crippen LogP contribution in [0.4, 0.5) is 23.4 Å². The molecule has 8 nitrogen and oxygen atoms in total. The first-order valence-corrected chi connectivity index (χ1v) is 16.5. The van der Waals surface area contributed by atoms with Gasteiger partial charge in [-0.25, -0.2) is 17.6 Å². The molecule has 4 aromatic rings. The Kier molecular flexibility index (Phi) is 6.65. The molecule has 4 saturated heterocycles. The number of phenols is 1. The summed E-state index contributed by atoms with van der Waals surface area (Å²) in [7, 11) is 2.17. The van der Waals surface area contributed by atoms with Gasteiger partial charge in [0.2, 0.25) is 0 Å². The average molecular weight is 649 g/mol. The maximum Gasteiger partial charge on any atom is 0.319 e. The third-order valence-corrected chi connectivity index (χ3v) is 11.1. The lowest BCUT2D eigenvalue weighted by atomic mass is 9.90. The third kappa shape index (κ3) is 4.90. The molecule has 0 amide bonds. The summed E-state index contributed by atoms with van der Waals surface area (Å²) in [5.41, 5.74) is -1.11. The first-order valence-electron chi connectivity index (χ1n) is 16.5. The Hall–Kier alpha value is -3.74. The number of fused-ring (bicyclic) bond motifs is 5. The summed E-state index contributed by atoms with van der Waals surface area (Å²) in [6.45, 7) is 5.85. The summed E-state index contributed by atoms with van der Waals surface area (Å²) in [4.78, 5) is 16.2. The van der Waals surface area contributed by atoms with Gasteiger partial charge in [0.25, 0.3) is 0 Å². The number of hydrogen-bond donors (Lipinski definition) is 2. The zero-order chi connectivity index (χ0) is 32.2. The van der Waals surface area contributed by atoms with Crippen molar-refractivity contribution in [3.05, 3.63) is 53.6 Å². The molecular weight excluding hydrogens is 612 g/mol. The molecule has 4 atom stereocenters. The van der Waals surface area contributed by atoms with Crippen molar-refractivity contribution < 1.29 is 27.4 Å². The van der Waals surface area contributed by atoms with Crippen LogP contribution in [0.15, 0.2) is 30.3 Å². The second-order valence-electron chi connectivity index (χ2n) is 14.5. The van der Waals surface area contributed by atoms with E-state index in [-0.39, 0.29) is 56.5 Å². The molecule has 3 aromatic carbocycles. The van der Waals surface area contributed by atoms with Gasteiger partial charge in [-0.3, -0.25) is 4.90 Å². The third-order valence-electron chi connectivity index (χ3n) is 11.1. The first-order chi connectivity index (χ1) is 22.6. The van der Waals surface area contributed by atoms with Gasteiger partial charge in [-0.05, 0) is 62.4 Å². The zero-order valence-corrected chi connectivity index (χ0v) is 26.1. The van der Waals surface area contributed by atoms with E-state index in [1.165, 1.54) is 12.1 Å². The van der Waals surface area contributed by atoms with Crippen molar-refractivity contribution in [2.24, 2.45) is 11.3 Å². The fourth-order valence-corrected chi connectivity index (χ4v) is 8.57. The van der Waals surface area contributed by atoms with Gasteiger partial charge in [0, 0.05) is 85.1 Å². The summed E-state index contributed by atoms with van der Waals surface area (Å²) in [5.74, 6) is -3.70. The van der Waals surface area contributed by atoms with Crippen molar-refractivity contribution in [2.45, 2.75) is 43.8 Å². The molecule has 246 valence electrons. The Morgan fingerprint density at radius 2 is 1.72 bits per heavy atom. The Bertz CT molecular complexity index is 1930. The fraction of sp³-hybridized carbons (Fsp3) is 0.486. The number of benzene rings is 3. The number of anilines is 1. The van der Waals surface area contributed by atoms with Crippen LogP contribution in [0.5, 0.6) is 11.8 Å². The SMILES string of the molecule is CN1CC2CN(CC3(COc4nc(N5CC6CCC(C5)N6)c5cc(F)c(-c6cc(O)cc7ccc(F)c(F)c67)c(F)c5n4)CC3)C2C1. The van der Waals surface area contributed by atoms with Crippen LogP contribution in [-0.4, -0.2) is 95.9 Å². The second-order valence-corrected chi connectivity index (χ2v) is 14.5. The van der Waals surface area contributed by atoms with Crippen molar-refractivity contribution in [3.8, 4) is 22.9 Å². The smallest absolute Gasteiger partial charge is 0.319 e. The molecule has 0 spiro atoms. The van der Waals surface area contributed by atoms with Crippen molar-refractivity contribution in [1.82, 2.24) is 25.1 Å². The van der Waals surface area contributed by atoms with Gasteiger partial charge in [-0.15, -0.1) is 0 Å². The van der Waals surface area contributed by atoms with Gasteiger partial charge >= 0.3 is 6.01 Å². The van der Waals surface area contributed by atoms with E-state index in [1.54, 1.807) is 0 Å². The molecule has 5 aliphatic rings. The average Bonchev–Trinajstić information content (AvgIpc) is 3.64. The fourth-order valence-electron chi connectivity index (χ4n) is 8.57. The van der Waals surface area contributed by atoms with Gasteiger partial charge in [0.1, 0.15) is 22.9 Å². The number of hydrogen-bond acceptors (Lipinski definition) is 8. The van der Waals surface area contributed by atoms with Crippen molar-refractivity contribution >= 4 is 27.5 Å². The number of likely N-dealkylation sites (tertiary alicyclic amines) is 2. The number of aromatic nitrogens is 2. The normalized spacial score (nSPS) is 26.6. The number of rotatable bonds is 7. The van der Waals surface area contributed by atoms with Crippen LogP contribution in [-0.2, 0) is 0 Å². The molecule has 4 aliphatic heterocycles. The van der Waals surface area contributed by atoms with Gasteiger partial charge in [-0.1, -0.05) is 6.07 Å². The Labute approximate surface area is 269 Å². The zero-order valence-electron chi connectivity index (χ0n) is 26.1. The highest BCUT2D eigenvalue weighted by Crippen LogP contribution is 2.49. The van der Waals surface area contributed by atoms with E-state index in [9.17, 15) is 9.50 Å². The van der Waals surface area contributed by atoms with Crippen LogP contribution in [0.1, 0.15) is 25.7 Å². The number of phenolic OH excluding ortho intramolecular Hbond substituents is 1. The lowest BCUT2D eigenvalue weighted by Gasteiger charge is -2.45. The summed E-state index contributed by atoms with van der Waals surface area (Å²) in [5, 5.41) is 13.9. The highest BCUT2D eigenvalue weighted by molar-refractivity contribution is 6.02. The van der Waals surface area contributed by atoms with Gasteiger partial charge in [0.15, 0.2) is 17.5 Å². The minimum absolute atomic E-state index is 0.00110. The monoisotopic (exact) mass is 648 g/mol. The van der Waals surface area contributed by atoms with Crippen LogP contribution >= 0.6 is 0 Å². The number of nitrogens with one attached hydrogen (secondary N) is 1. The van der Waals surface area contributed by atoms with Crippen LogP contribution in [0.25, 0.3) is 32.8 Å². The Morgan fingerprint density at radius 3 is 2.47 bits per heavy atom. The minimum Gasteiger partial charge on any atom is -0.508 e. The quantitative estimate of drug-likeness (QED) is 0.270. The molecule has 2 N–H and O–H groups in total. The number of halogens is 4. The molecule has 1 saturated carbocycles. The van der Waals surface area contributed by atoms with E-state index in [1.807, 2.05) is 4.90 Å². The molecule has 4 unspecified atom stereocenters. The standard InChI is InChI=1S/C35H36F4N6O2/c1-43-11-19-12-45(27(19)15-43)16-35(6-7-35)17-47-34-41-32-24(33(42-34)44-13-20-3-4-21(14-44)40-20)10-26(37)29(31(32)39)23-9-22(46)8-18-2-5-25(36)30(38)28(18)23/h2,5,8-10,19-21,27,40,46H,3-4,6-7,11-17H2,1H3. The van der Waals surface area contributed by atoms with Gasteiger partial charge in [-0.2, -0.15) is 9.97 Å². The van der Waals surface area contributed by atoms with E-state index >= 15 is 13.2 Å². The molecule has 12 heteroatoms. The van der Waals surface area contributed by atoms with Crippen molar-refractivity contribution in [1.29, 1.82) is 0 Å². The van der Waals surface area contributed by atoms with Gasteiger partial charge in [0.05, 0.1) is 12.2 Å². The second kappa shape index (κ2) is 10.6. The lowest BCUT2D eigenvalue weighted by Crippen LogP contribution is -2.57. The topological polar surface area (TPSA) is 77.0 Å². The number of ether oxygens (including phenoxy) is 1. The summed E-state index contributed by atoms with van der Waals surface area (Å²) in [6, 6.07) is 6.66. The van der Waals surface area contributed by atoms with Gasteiger partial charge < -0.3 is 25.0 Å². The van der Waals surface area contributed by atoms with E-state index in [0.717, 1.165) is 76.0 Å². The summed E-state index contributed by atoms with van der Waals surface area (Å²) in [6.07, 6.45) is 4.05. The molecule has 5 heterocycles. The predicted molar refractivity (Wildman–Crippen MR) is 170 cm³/mol.